The molecule has 1 aromatic rings. The lowest BCUT2D eigenvalue weighted by atomic mass is 9.98. The molecule has 156 valence electrons. The molecule has 0 aromatic heterocycles. The largest absolute Gasteiger partial charge is 0.462 e. The third kappa shape index (κ3) is 6.89. The molecule has 9 nitrogen and oxygen atoms in total. The van der Waals surface area contributed by atoms with Crippen molar-refractivity contribution in [3.8, 4) is 5.75 Å². The van der Waals surface area contributed by atoms with Crippen LogP contribution in [0.15, 0.2) is 24.3 Å². The zero-order valence-corrected chi connectivity index (χ0v) is 17.2. The van der Waals surface area contributed by atoms with Crippen LogP contribution in [0.1, 0.15) is 52.9 Å². The molecule has 2 rings (SSSR count). The molecule has 1 fully saturated rings. The molecule has 1 aliphatic rings. The summed E-state index contributed by atoms with van der Waals surface area (Å²) in [6.07, 6.45) is 3.96. The predicted octanol–water partition coefficient (Wildman–Crippen LogP) is 4.36. The Morgan fingerprint density at radius 3 is 2.32 bits per heavy atom. The maximum absolute atomic E-state index is 13.4. The van der Waals surface area contributed by atoms with Crippen LogP contribution in [0, 0.1) is 10.1 Å². The van der Waals surface area contributed by atoms with Crippen LogP contribution < -0.4 is 9.61 Å². The van der Waals surface area contributed by atoms with E-state index in [1.807, 2.05) is 0 Å². The summed E-state index contributed by atoms with van der Waals surface area (Å²) in [6, 6.07) is 4.25. The maximum Gasteiger partial charge on any atom is 0.459 e. The number of ether oxygens (including phenoxy) is 1. The van der Waals surface area contributed by atoms with Crippen molar-refractivity contribution in [3.05, 3.63) is 34.4 Å². The third-order valence-corrected chi connectivity index (χ3v) is 5.90. The number of benzene rings is 1. The third-order valence-electron chi connectivity index (χ3n) is 4.17. The van der Waals surface area contributed by atoms with Crippen LogP contribution in [0.2, 0.25) is 0 Å². The molecule has 0 saturated heterocycles. The second-order valence-electron chi connectivity index (χ2n) is 7.04. The number of nitrogens with one attached hydrogen (secondary N) is 1. The van der Waals surface area contributed by atoms with Gasteiger partial charge >= 0.3 is 13.7 Å². The summed E-state index contributed by atoms with van der Waals surface area (Å²) in [5, 5.41) is 13.4. The fourth-order valence-corrected chi connectivity index (χ4v) is 4.58. The van der Waals surface area contributed by atoms with Crippen molar-refractivity contribution in [1.29, 1.82) is 0 Å². The van der Waals surface area contributed by atoms with Crippen LogP contribution in [0.3, 0.4) is 0 Å². The van der Waals surface area contributed by atoms with Crippen LogP contribution in [0.5, 0.6) is 5.75 Å². The van der Waals surface area contributed by atoms with Gasteiger partial charge in [-0.15, -0.1) is 0 Å². The highest BCUT2D eigenvalue weighted by Gasteiger charge is 2.35. The van der Waals surface area contributed by atoms with Crippen LogP contribution in [-0.2, 0) is 18.6 Å². The van der Waals surface area contributed by atoms with E-state index in [0.29, 0.717) is 0 Å². The summed E-state index contributed by atoms with van der Waals surface area (Å²) in [4.78, 5) is 22.4. The van der Waals surface area contributed by atoms with Crippen LogP contribution in [0.4, 0.5) is 5.69 Å². The Morgan fingerprint density at radius 2 is 1.79 bits per heavy atom. The Labute approximate surface area is 164 Å². The second kappa shape index (κ2) is 10.0. The second-order valence-corrected chi connectivity index (χ2v) is 8.69. The van der Waals surface area contributed by atoms with Gasteiger partial charge in [-0.25, -0.2) is 4.57 Å². The number of esters is 1. The Bertz CT molecular complexity index is 717. The first-order chi connectivity index (χ1) is 13.2. The molecule has 1 aliphatic carbocycles. The van der Waals surface area contributed by atoms with Gasteiger partial charge in [0.2, 0.25) is 0 Å². The minimum atomic E-state index is -3.92. The van der Waals surface area contributed by atoms with Crippen molar-refractivity contribution >= 4 is 19.4 Å². The summed E-state index contributed by atoms with van der Waals surface area (Å²) in [7, 11) is -3.92. The number of carbonyl (C=O) groups is 1. The molecule has 0 bridgehead atoms. The van der Waals surface area contributed by atoms with Crippen molar-refractivity contribution in [3.63, 3.8) is 0 Å². The van der Waals surface area contributed by atoms with E-state index in [9.17, 15) is 19.5 Å². The number of nitro groups is 1. The quantitative estimate of drug-likeness (QED) is 0.274. The first-order valence-electron chi connectivity index (χ1n) is 9.39. The molecule has 10 heteroatoms. The van der Waals surface area contributed by atoms with Gasteiger partial charge in [-0.2, -0.15) is 5.09 Å². The summed E-state index contributed by atoms with van der Waals surface area (Å²) < 4.78 is 29.8. The van der Waals surface area contributed by atoms with Crippen molar-refractivity contribution in [2.75, 3.05) is 0 Å². The van der Waals surface area contributed by atoms with Crippen molar-refractivity contribution in [2.45, 2.75) is 71.1 Å². The van der Waals surface area contributed by atoms with E-state index in [-0.39, 0.29) is 23.6 Å². The van der Waals surface area contributed by atoms with Crippen molar-refractivity contribution in [2.24, 2.45) is 0 Å². The van der Waals surface area contributed by atoms with Crippen LogP contribution >= 0.6 is 7.75 Å². The molecular formula is C18H27N2O7P. The lowest BCUT2D eigenvalue weighted by Crippen LogP contribution is -2.37. The van der Waals surface area contributed by atoms with Gasteiger partial charge in [0.1, 0.15) is 11.8 Å². The van der Waals surface area contributed by atoms with Crippen molar-refractivity contribution in [1.82, 2.24) is 5.09 Å². The summed E-state index contributed by atoms with van der Waals surface area (Å²) in [6.45, 7) is 4.95. The first kappa shape index (κ1) is 22.3. The maximum atomic E-state index is 13.4. The van der Waals surface area contributed by atoms with Gasteiger partial charge in [-0.1, -0.05) is 19.3 Å². The molecule has 0 radical (unpaired) electrons. The molecular weight excluding hydrogens is 387 g/mol. The molecule has 1 N–H and O–H groups in total. The van der Waals surface area contributed by atoms with Gasteiger partial charge in [0, 0.05) is 12.1 Å². The Balaban J connectivity index is 2.15. The molecule has 2 atom stereocenters. The van der Waals surface area contributed by atoms with E-state index in [4.69, 9.17) is 13.8 Å². The monoisotopic (exact) mass is 414 g/mol. The number of nitro benzene ring substituents is 1. The van der Waals surface area contributed by atoms with E-state index in [1.54, 1.807) is 13.8 Å². The van der Waals surface area contributed by atoms with Crippen LogP contribution in [0.25, 0.3) is 0 Å². The van der Waals surface area contributed by atoms with Gasteiger partial charge in [0.15, 0.2) is 0 Å². The molecule has 0 heterocycles. The molecule has 0 aliphatic heterocycles. The van der Waals surface area contributed by atoms with Crippen LogP contribution in [-0.4, -0.2) is 29.1 Å². The Kier molecular flexibility index (Phi) is 7.98. The molecule has 1 unspecified atom stereocenters. The average Bonchev–Trinajstić information content (AvgIpc) is 2.62. The van der Waals surface area contributed by atoms with Gasteiger partial charge in [-0.3, -0.25) is 19.4 Å². The number of hydrogen-bond acceptors (Lipinski definition) is 7. The summed E-state index contributed by atoms with van der Waals surface area (Å²) in [5.74, 6) is -0.434. The summed E-state index contributed by atoms with van der Waals surface area (Å²) in [5.41, 5.74) is -0.114. The zero-order chi connectivity index (χ0) is 20.7. The molecule has 1 saturated carbocycles. The predicted molar refractivity (Wildman–Crippen MR) is 103 cm³/mol. The van der Waals surface area contributed by atoms with E-state index in [2.05, 4.69) is 5.09 Å². The topological polar surface area (TPSA) is 117 Å². The minimum Gasteiger partial charge on any atom is -0.462 e. The number of nitrogens with zero attached hydrogens (tertiary/aromatic N) is 1. The zero-order valence-electron chi connectivity index (χ0n) is 16.3. The van der Waals surface area contributed by atoms with Gasteiger partial charge < -0.3 is 9.26 Å². The van der Waals surface area contributed by atoms with E-state index in [0.717, 1.165) is 32.1 Å². The first-order valence-corrected chi connectivity index (χ1v) is 10.9. The van der Waals surface area contributed by atoms with Crippen molar-refractivity contribution < 1.29 is 28.1 Å². The highest BCUT2D eigenvalue weighted by atomic mass is 31.2. The Hall–Kier alpha value is -1.96. The molecule has 0 spiro atoms. The fraction of sp³-hybridized carbons (Fsp3) is 0.611. The normalized spacial score (nSPS) is 18.3. The van der Waals surface area contributed by atoms with Gasteiger partial charge in [0.05, 0.1) is 17.1 Å². The number of hydrogen-bond donors (Lipinski definition) is 1. The van der Waals surface area contributed by atoms with Gasteiger partial charge in [0.25, 0.3) is 5.69 Å². The molecule has 0 amide bonds. The SMILES string of the molecule is CC(C)OC(=O)[C@H](C)NP(=O)(Oc1ccc([N+](=O)[O-])cc1)OC1CCCCC1. The molecule has 1 aromatic carbocycles. The smallest absolute Gasteiger partial charge is 0.459 e. The standard InChI is InChI=1S/C18H27N2O7P/c1-13(2)25-18(21)14(3)19-28(24,26-16-7-5-4-6-8-16)27-17-11-9-15(10-12-17)20(22)23/h9-14,16H,4-8H2,1-3H3,(H,19,24)/t14-,28?/m0/s1. The highest BCUT2D eigenvalue weighted by molar-refractivity contribution is 7.52. The van der Waals surface area contributed by atoms with E-state index < -0.39 is 24.7 Å². The lowest BCUT2D eigenvalue weighted by molar-refractivity contribution is -0.384. The fourth-order valence-electron chi connectivity index (χ4n) is 2.84. The average molecular weight is 414 g/mol. The molecule has 28 heavy (non-hydrogen) atoms. The number of non-ortho nitro benzene ring substituents is 1. The minimum absolute atomic E-state index is 0.114. The van der Waals surface area contributed by atoms with E-state index >= 15 is 0 Å². The lowest BCUT2D eigenvalue weighted by Gasteiger charge is -2.29. The Morgan fingerprint density at radius 1 is 1.18 bits per heavy atom. The highest BCUT2D eigenvalue weighted by Crippen LogP contribution is 2.48. The number of rotatable bonds is 9. The van der Waals surface area contributed by atoms with E-state index in [1.165, 1.54) is 31.2 Å². The summed E-state index contributed by atoms with van der Waals surface area (Å²) >= 11 is 0. The van der Waals surface area contributed by atoms with Gasteiger partial charge in [-0.05, 0) is 45.7 Å². The number of carbonyl (C=O) groups excluding carboxylic acids is 1.